The zero-order valence-electron chi connectivity index (χ0n) is 21.8. The second-order valence-corrected chi connectivity index (χ2v) is 9.47. The fourth-order valence-corrected chi connectivity index (χ4v) is 4.24. The van der Waals surface area contributed by atoms with E-state index in [-0.39, 0.29) is 0 Å². The average molecular weight is 496 g/mol. The van der Waals surface area contributed by atoms with Crippen LogP contribution in [0.5, 0.6) is 11.5 Å². The van der Waals surface area contributed by atoms with E-state index >= 15 is 0 Å². The van der Waals surface area contributed by atoms with E-state index in [1.54, 1.807) is 0 Å². The molecule has 4 aromatic carbocycles. The highest BCUT2D eigenvalue weighted by atomic mass is 16.5. The summed E-state index contributed by atoms with van der Waals surface area (Å²) in [4.78, 5) is 2.34. The van der Waals surface area contributed by atoms with Crippen molar-refractivity contribution in [3.8, 4) is 11.5 Å². The van der Waals surface area contributed by atoms with Crippen molar-refractivity contribution in [2.75, 3.05) is 6.54 Å². The van der Waals surface area contributed by atoms with E-state index in [9.17, 15) is 5.11 Å². The van der Waals surface area contributed by atoms with Crippen LogP contribution in [0.1, 0.15) is 48.6 Å². The molecule has 4 nitrogen and oxygen atoms in total. The first kappa shape index (κ1) is 26.5. The van der Waals surface area contributed by atoms with E-state index < -0.39 is 6.10 Å². The second kappa shape index (κ2) is 13.6. The van der Waals surface area contributed by atoms with Crippen molar-refractivity contribution in [3.63, 3.8) is 0 Å². The molecule has 0 aliphatic rings. The highest BCUT2D eigenvalue weighted by molar-refractivity contribution is 5.40. The molecule has 2 atom stereocenters. The van der Waals surface area contributed by atoms with E-state index in [0.717, 1.165) is 29.7 Å². The first-order chi connectivity index (χ1) is 18.1. The van der Waals surface area contributed by atoms with Gasteiger partial charge in [-0.2, -0.15) is 0 Å². The second-order valence-electron chi connectivity index (χ2n) is 9.47. The van der Waals surface area contributed by atoms with Crippen LogP contribution in [0.3, 0.4) is 0 Å². The Morgan fingerprint density at radius 1 is 0.676 bits per heavy atom. The Kier molecular flexibility index (Phi) is 9.75. The molecule has 0 heterocycles. The van der Waals surface area contributed by atoms with Gasteiger partial charge in [-0.05, 0) is 47.7 Å². The zero-order chi connectivity index (χ0) is 25.9. The average Bonchev–Trinajstić information content (AvgIpc) is 2.95. The Morgan fingerprint density at radius 3 is 1.59 bits per heavy atom. The predicted octanol–water partition coefficient (Wildman–Crippen LogP) is 7.18. The van der Waals surface area contributed by atoms with Gasteiger partial charge in [0.2, 0.25) is 0 Å². The maximum absolute atomic E-state index is 11.4. The normalized spacial score (nSPS) is 12.8. The number of hydrogen-bond donors (Lipinski definition) is 1. The summed E-state index contributed by atoms with van der Waals surface area (Å²) in [5.74, 6) is 1.36. The fraction of sp³-hybridized carbons (Fsp3) is 0.273. The lowest BCUT2D eigenvalue weighted by atomic mass is 10.1. The first-order valence-corrected chi connectivity index (χ1v) is 13.0. The van der Waals surface area contributed by atoms with E-state index in [2.05, 4.69) is 43.0 Å². The van der Waals surface area contributed by atoms with E-state index in [0.29, 0.717) is 37.3 Å². The molecule has 4 rings (SSSR count). The van der Waals surface area contributed by atoms with E-state index in [1.807, 2.05) is 84.9 Å². The number of ether oxygens (including phenoxy) is 2. The van der Waals surface area contributed by atoms with E-state index in [4.69, 9.17) is 9.47 Å². The summed E-state index contributed by atoms with van der Waals surface area (Å²) in [5.41, 5.74) is 4.20. The minimum absolute atomic E-state index is 0.334. The molecule has 4 heteroatoms. The van der Waals surface area contributed by atoms with Gasteiger partial charge in [-0.25, -0.2) is 0 Å². The highest BCUT2D eigenvalue weighted by Gasteiger charge is 2.20. The van der Waals surface area contributed by atoms with Gasteiger partial charge in [0.15, 0.2) is 0 Å². The molecule has 0 spiro atoms. The van der Waals surface area contributed by atoms with Gasteiger partial charge in [0, 0.05) is 25.2 Å². The maximum Gasteiger partial charge on any atom is 0.123 e. The smallest absolute Gasteiger partial charge is 0.123 e. The van der Waals surface area contributed by atoms with Crippen molar-refractivity contribution in [1.82, 2.24) is 4.90 Å². The fourth-order valence-electron chi connectivity index (χ4n) is 4.24. The van der Waals surface area contributed by atoms with Crippen molar-refractivity contribution in [2.45, 2.75) is 52.2 Å². The van der Waals surface area contributed by atoms with Crippen molar-refractivity contribution >= 4 is 0 Å². The SMILES string of the molecule is CCC(C)N(Cc1ccccc1)CC(O)c1cc(OCc2ccccc2)cc(OCc2ccccc2)c1. The van der Waals surface area contributed by atoms with Crippen LogP contribution in [-0.4, -0.2) is 22.6 Å². The Bertz CT molecular complexity index is 1140. The van der Waals surface area contributed by atoms with Crippen molar-refractivity contribution in [2.24, 2.45) is 0 Å². The van der Waals surface area contributed by atoms with Crippen molar-refractivity contribution in [1.29, 1.82) is 0 Å². The highest BCUT2D eigenvalue weighted by Crippen LogP contribution is 2.29. The summed E-state index contributed by atoms with van der Waals surface area (Å²) in [7, 11) is 0. The minimum Gasteiger partial charge on any atom is -0.489 e. The van der Waals surface area contributed by atoms with Crippen LogP contribution in [-0.2, 0) is 19.8 Å². The van der Waals surface area contributed by atoms with Gasteiger partial charge in [0.25, 0.3) is 0 Å². The maximum atomic E-state index is 11.4. The summed E-state index contributed by atoms with van der Waals surface area (Å²) in [6.45, 7) is 6.60. The van der Waals surface area contributed by atoms with Gasteiger partial charge >= 0.3 is 0 Å². The third-order valence-corrected chi connectivity index (χ3v) is 6.63. The predicted molar refractivity (Wildman–Crippen MR) is 150 cm³/mol. The lowest BCUT2D eigenvalue weighted by molar-refractivity contribution is 0.0843. The number of hydrogen-bond acceptors (Lipinski definition) is 4. The minimum atomic E-state index is -0.683. The van der Waals surface area contributed by atoms with Gasteiger partial charge in [0.1, 0.15) is 24.7 Å². The van der Waals surface area contributed by atoms with E-state index in [1.165, 1.54) is 5.56 Å². The number of aliphatic hydroxyl groups is 1. The van der Waals surface area contributed by atoms with Gasteiger partial charge in [-0.3, -0.25) is 4.90 Å². The van der Waals surface area contributed by atoms with Gasteiger partial charge in [-0.1, -0.05) is 97.9 Å². The van der Waals surface area contributed by atoms with Crippen LogP contribution in [0.2, 0.25) is 0 Å². The molecule has 0 bridgehead atoms. The molecular weight excluding hydrogens is 458 g/mol. The molecule has 0 fully saturated rings. The van der Waals surface area contributed by atoms with Gasteiger partial charge < -0.3 is 14.6 Å². The third kappa shape index (κ3) is 8.21. The van der Waals surface area contributed by atoms with Crippen LogP contribution < -0.4 is 9.47 Å². The molecule has 0 saturated heterocycles. The summed E-state index contributed by atoms with van der Waals surface area (Å²) >= 11 is 0. The lowest BCUT2D eigenvalue weighted by Gasteiger charge is -2.31. The standard InChI is InChI=1S/C33H37NO3/c1-3-26(2)34(22-27-13-7-4-8-14-27)23-33(35)30-19-31(36-24-28-15-9-5-10-16-28)21-32(20-30)37-25-29-17-11-6-12-18-29/h4-21,26,33,35H,3,22-25H2,1-2H3. The summed E-state index contributed by atoms with van der Waals surface area (Å²) in [6, 6.07) is 36.7. The quantitative estimate of drug-likeness (QED) is 0.213. The molecular formula is C33H37NO3. The molecule has 0 amide bonds. The van der Waals surface area contributed by atoms with Crippen LogP contribution in [0.25, 0.3) is 0 Å². The lowest BCUT2D eigenvalue weighted by Crippen LogP contribution is -2.35. The molecule has 192 valence electrons. The van der Waals surface area contributed by atoms with Gasteiger partial charge in [-0.15, -0.1) is 0 Å². The summed E-state index contributed by atoms with van der Waals surface area (Å²) < 4.78 is 12.3. The summed E-state index contributed by atoms with van der Waals surface area (Å²) in [5, 5.41) is 11.4. The Hall–Kier alpha value is -3.60. The Morgan fingerprint density at radius 2 is 1.14 bits per heavy atom. The molecule has 0 aromatic heterocycles. The molecule has 37 heavy (non-hydrogen) atoms. The zero-order valence-corrected chi connectivity index (χ0v) is 21.8. The molecule has 0 aliphatic carbocycles. The molecule has 0 saturated carbocycles. The largest absolute Gasteiger partial charge is 0.489 e. The number of benzene rings is 4. The molecule has 1 N–H and O–H groups in total. The number of nitrogens with zero attached hydrogens (tertiary/aromatic N) is 1. The third-order valence-electron chi connectivity index (χ3n) is 6.63. The Labute approximate surface area is 221 Å². The monoisotopic (exact) mass is 495 g/mol. The van der Waals surface area contributed by atoms with Crippen molar-refractivity contribution < 1.29 is 14.6 Å². The number of rotatable bonds is 13. The first-order valence-electron chi connectivity index (χ1n) is 13.0. The molecule has 4 aromatic rings. The molecule has 0 radical (unpaired) electrons. The number of aliphatic hydroxyl groups excluding tert-OH is 1. The Balaban J connectivity index is 1.53. The van der Waals surface area contributed by atoms with Gasteiger partial charge in [0.05, 0.1) is 6.10 Å². The van der Waals surface area contributed by atoms with Crippen LogP contribution in [0.4, 0.5) is 0 Å². The summed E-state index contributed by atoms with van der Waals surface area (Å²) in [6.07, 6.45) is 0.322. The topological polar surface area (TPSA) is 41.9 Å². The molecule has 0 aliphatic heterocycles. The van der Waals surface area contributed by atoms with Crippen LogP contribution in [0.15, 0.2) is 109 Å². The van der Waals surface area contributed by atoms with Crippen LogP contribution in [0, 0.1) is 0 Å². The van der Waals surface area contributed by atoms with Crippen molar-refractivity contribution in [3.05, 3.63) is 131 Å². The van der Waals surface area contributed by atoms with Crippen LogP contribution >= 0.6 is 0 Å². The molecule has 2 unspecified atom stereocenters.